The SMILES string of the molecule is CCCCC(NC(=S)Nc1cccc(OC)c1)C(=O)OCC. The fourth-order valence-electron chi connectivity index (χ4n) is 1.93. The van der Waals surface area contributed by atoms with Crippen LogP contribution in [0, 0.1) is 0 Å². The van der Waals surface area contributed by atoms with E-state index in [1.165, 1.54) is 0 Å². The summed E-state index contributed by atoms with van der Waals surface area (Å²) < 4.78 is 10.2. The van der Waals surface area contributed by atoms with E-state index in [2.05, 4.69) is 17.6 Å². The van der Waals surface area contributed by atoms with E-state index in [-0.39, 0.29) is 5.97 Å². The van der Waals surface area contributed by atoms with Crippen molar-refractivity contribution in [2.75, 3.05) is 19.0 Å². The molecule has 1 atom stereocenters. The molecule has 0 amide bonds. The number of benzene rings is 1. The Labute approximate surface area is 137 Å². The highest BCUT2D eigenvalue weighted by Gasteiger charge is 2.20. The Hall–Kier alpha value is -1.82. The van der Waals surface area contributed by atoms with E-state index < -0.39 is 6.04 Å². The highest BCUT2D eigenvalue weighted by atomic mass is 32.1. The van der Waals surface area contributed by atoms with Crippen molar-refractivity contribution < 1.29 is 14.3 Å². The number of hydrogen-bond acceptors (Lipinski definition) is 4. The molecule has 2 N–H and O–H groups in total. The van der Waals surface area contributed by atoms with Crippen LogP contribution in [-0.4, -0.2) is 30.8 Å². The van der Waals surface area contributed by atoms with Crippen molar-refractivity contribution in [1.82, 2.24) is 5.32 Å². The third-order valence-electron chi connectivity index (χ3n) is 3.05. The number of nitrogens with one attached hydrogen (secondary N) is 2. The number of thiocarbonyl (C=S) groups is 1. The Morgan fingerprint density at radius 3 is 2.77 bits per heavy atom. The van der Waals surface area contributed by atoms with Gasteiger partial charge in [-0.3, -0.25) is 0 Å². The molecule has 0 aliphatic rings. The molecule has 0 bridgehead atoms. The van der Waals surface area contributed by atoms with Crippen LogP contribution in [0.25, 0.3) is 0 Å². The van der Waals surface area contributed by atoms with Crippen LogP contribution in [0.4, 0.5) is 5.69 Å². The minimum Gasteiger partial charge on any atom is -0.497 e. The number of ether oxygens (including phenoxy) is 2. The van der Waals surface area contributed by atoms with E-state index in [1.54, 1.807) is 14.0 Å². The van der Waals surface area contributed by atoms with Crippen molar-refractivity contribution in [3.63, 3.8) is 0 Å². The molecule has 0 fully saturated rings. The summed E-state index contributed by atoms with van der Waals surface area (Å²) in [5.41, 5.74) is 0.801. The summed E-state index contributed by atoms with van der Waals surface area (Å²) in [4.78, 5) is 11.9. The first-order valence-electron chi connectivity index (χ1n) is 7.48. The largest absolute Gasteiger partial charge is 0.497 e. The number of unbranched alkanes of at least 4 members (excludes halogenated alkanes) is 1. The third kappa shape index (κ3) is 6.30. The maximum Gasteiger partial charge on any atom is 0.328 e. The number of carbonyl (C=O) groups is 1. The lowest BCUT2D eigenvalue weighted by Gasteiger charge is -2.19. The molecule has 0 aliphatic carbocycles. The molecule has 6 heteroatoms. The molecule has 0 radical (unpaired) electrons. The molecule has 0 aliphatic heterocycles. The number of anilines is 1. The molecule has 0 saturated heterocycles. The molecule has 1 aromatic carbocycles. The van der Waals surface area contributed by atoms with Crippen molar-refractivity contribution in [3.05, 3.63) is 24.3 Å². The summed E-state index contributed by atoms with van der Waals surface area (Å²) in [6, 6.07) is 7.00. The predicted molar refractivity (Wildman–Crippen MR) is 92.3 cm³/mol. The van der Waals surface area contributed by atoms with Crippen molar-refractivity contribution in [2.24, 2.45) is 0 Å². The standard InChI is InChI=1S/C16H24N2O3S/c1-4-6-10-14(15(19)21-5-2)18-16(22)17-12-8-7-9-13(11-12)20-3/h7-9,11,14H,4-6,10H2,1-3H3,(H2,17,18,22). The number of rotatable bonds is 8. The molecule has 122 valence electrons. The summed E-state index contributed by atoms with van der Waals surface area (Å²) in [6.45, 7) is 4.23. The zero-order valence-electron chi connectivity index (χ0n) is 13.3. The van der Waals surface area contributed by atoms with Crippen molar-refractivity contribution in [3.8, 4) is 5.75 Å². The molecule has 0 saturated carbocycles. The maximum atomic E-state index is 11.9. The van der Waals surface area contributed by atoms with E-state index in [1.807, 2.05) is 24.3 Å². The lowest BCUT2D eigenvalue weighted by atomic mass is 10.1. The van der Waals surface area contributed by atoms with E-state index in [4.69, 9.17) is 21.7 Å². The van der Waals surface area contributed by atoms with Crippen LogP contribution in [0.2, 0.25) is 0 Å². The normalized spacial score (nSPS) is 11.4. The Balaban J connectivity index is 2.63. The van der Waals surface area contributed by atoms with Gasteiger partial charge in [0.05, 0.1) is 13.7 Å². The van der Waals surface area contributed by atoms with Crippen molar-refractivity contribution in [2.45, 2.75) is 39.2 Å². The fraction of sp³-hybridized carbons (Fsp3) is 0.500. The highest BCUT2D eigenvalue weighted by Crippen LogP contribution is 2.16. The first kappa shape index (κ1) is 18.2. The van der Waals surface area contributed by atoms with Gasteiger partial charge in [0.25, 0.3) is 0 Å². The molecular formula is C16H24N2O3S. The van der Waals surface area contributed by atoms with E-state index in [0.717, 1.165) is 24.3 Å². The second kappa shape index (κ2) is 10.00. The highest BCUT2D eigenvalue weighted by molar-refractivity contribution is 7.80. The predicted octanol–water partition coefficient (Wildman–Crippen LogP) is 3.10. The van der Waals surface area contributed by atoms with Gasteiger partial charge in [-0.2, -0.15) is 0 Å². The van der Waals surface area contributed by atoms with Gasteiger partial charge in [0.15, 0.2) is 5.11 Å². The van der Waals surface area contributed by atoms with Gasteiger partial charge in [0, 0.05) is 11.8 Å². The molecule has 1 unspecified atom stereocenters. The number of hydrogen-bond donors (Lipinski definition) is 2. The van der Waals surface area contributed by atoms with Gasteiger partial charge in [-0.25, -0.2) is 4.79 Å². The van der Waals surface area contributed by atoms with Crippen LogP contribution < -0.4 is 15.4 Å². The molecule has 1 rings (SSSR count). The Kier molecular flexibility index (Phi) is 8.28. The molecular weight excluding hydrogens is 300 g/mol. The summed E-state index contributed by atoms with van der Waals surface area (Å²) in [5.74, 6) is 0.464. The second-order valence-corrected chi connectivity index (χ2v) is 5.19. The van der Waals surface area contributed by atoms with Crippen LogP contribution in [0.5, 0.6) is 5.75 Å². The van der Waals surface area contributed by atoms with Crippen LogP contribution in [0.15, 0.2) is 24.3 Å². The lowest BCUT2D eigenvalue weighted by Crippen LogP contribution is -2.43. The monoisotopic (exact) mass is 324 g/mol. The van der Waals surface area contributed by atoms with Gasteiger partial charge >= 0.3 is 5.97 Å². The number of methoxy groups -OCH3 is 1. The lowest BCUT2D eigenvalue weighted by molar-refractivity contribution is -0.145. The third-order valence-corrected chi connectivity index (χ3v) is 3.27. The van der Waals surface area contributed by atoms with Gasteiger partial charge in [0.1, 0.15) is 11.8 Å². The van der Waals surface area contributed by atoms with Crippen LogP contribution in [0.1, 0.15) is 33.1 Å². The quantitative estimate of drug-likeness (QED) is 0.566. The average molecular weight is 324 g/mol. The average Bonchev–Trinajstić information content (AvgIpc) is 2.51. The van der Waals surface area contributed by atoms with Crippen LogP contribution in [0.3, 0.4) is 0 Å². The minimum absolute atomic E-state index is 0.272. The summed E-state index contributed by atoms with van der Waals surface area (Å²) in [5, 5.41) is 6.47. The van der Waals surface area contributed by atoms with Gasteiger partial charge in [-0.1, -0.05) is 25.8 Å². The summed E-state index contributed by atoms with van der Waals surface area (Å²) >= 11 is 5.27. The Morgan fingerprint density at radius 2 is 2.14 bits per heavy atom. The minimum atomic E-state index is -0.425. The first-order chi connectivity index (χ1) is 10.6. The van der Waals surface area contributed by atoms with E-state index in [0.29, 0.717) is 18.1 Å². The van der Waals surface area contributed by atoms with Crippen molar-refractivity contribution in [1.29, 1.82) is 0 Å². The number of carbonyl (C=O) groups excluding carboxylic acids is 1. The number of esters is 1. The molecule has 1 aromatic rings. The summed E-state index contributed by atoms with van der Waals surface area (Å²) in [6.07, 6.45) is 2.63. The zero-order valence-corrected chi connectivity index (χ0v) is 14.2. The Morgan fingerprint density at radius 1 is 1.36 bits per heavy atom. The Bertz CT molecular complexity index is 494. The topological polar surface area (TPSA) is 59.6 Å². The molecule has 5 nitrogen and oxygen atoms in total. The molecule has 0 spiro atoms. The van der Waals surface area contributed by atoms with E-state index >= 15 is 0 Å². The van der Waals surface area contributed by atoms with Gasteiger partial charge in [-0.05, 0) is 37.7 Å². The maximum absolute atomic E-state index is 11.9. The van der Waals surface area contributed by atoms with Gasteiger partial charge in [-0.15, -0.1) is 0 Å². The molecule has 0 heterocycles. The first-order valence-corrected chi connectivity index (χ1v) is 7.89. The fourth-order valence-corrected chi connectivity index (χ4v) is 2.19. The van der Waals surface area contributed by atoms with Crippen molar-refractivity contribution >= 4 is 29.0 Å². The van der Waals surface area contributed by atoms with Crippen LogP contribution >= 0.6 is 12.2 Å². The van der Waals surface area contributed by atoms with Gasteiger partial charge in [0.2, 0.25) is 0 Å². The summed E-state index contributed by atoms with van der Waals surface area (Å²) in [7, 11) is 1.61. The molecule has 22 heavy (non-hydrogen) atoms. The zero-order chi connectivity index (χ0) is 16.4. The van der Waals surface area contributed by atoms with E-state index in [9.17, 15) is 4.79 Å². The van der Waals surface area contributed by atoms with Crippen LogP contribution in [-0.2, 0) is 9.53 Å². The molecule has 0 aromatic heterocycles. The van der Waals surface area contributed by atoms with Gasteiger partial charge < -0.3 is 20.1 Å². The smallest absolute Gasteiger partial charge is 0.328 e. The second-order valence-electron chi connectivity index (χ2n) is 4.78.